The van der Waals surface area contributed by atoms with Crippen molar-refractivity contribution in [2.75, 3.05) is 0 Å². The van der Waals surface area contributed by atoms with Crippen molar-refractivity contribution < 1.29 is 5.11 Å². The zero-order valence-corrected chi connectivity index (χ0v) is 12.5. The molecule has 0 aromatic carbocycles. The average Bonchev–Trinajstić information content (AvgIpc) is 2.69. The van der Waals surface area contributed by atoms with Gasteiger partial charge in [0, 0.05) is 0 Å². The second-order valence-corrected chi connectivity index (χ2v) is 7.23. The molecular formula is C17H31O. The molecule has 0 bridgehead atoms. The Hall–Kier alpha value is -0.0400. The molecule has 105 valence electrons. The van der Waals surface area contributed by atoms with Crippen LogP contribution in [0.3, 0.4) is 0 Å². The van der Waals surface area contributed by atoms with E-state index in [2.05, 4.69) is 6.92 Å². The molecule has 0 saturated heterocycles. The van der Waals surface area contributed by atoms with Gasteiger partial charge in [-0.3, -0.25) is 0 Å². The molecule has 18 heavy (non-hydrogen) atoms. The first-order valence-corrected chi connectivity index (χ1v) is 8.25. The van der Waals surface area contributed by atoms with Crippen LogP contribution in [0.5, 0.6) is 0 Å². The summed E-state index contributed by atoms with van der Waals surface area (Å²) in [6.07, 6.45) is 12.1. The highest BCUT2D eigenvalue weighted by Crippen LogP contribution is 2.55. The van der Waals surface area contributed by atoms with E-state index in [0.29, 0.717) is 0 Å². The quantitative estimate of drug-likeness (QED) is 0.572. The molecule has 1 heteroatoms. The van der Waals surface area contributed by atoms with Gasteiger partial charge in [0.2, 0.25) is 0 Å². The Morgan fingerprint density at radius 1 is 0.833 bits per heavy atom. The van der Waals surface area contributed by atoms with E-state index < -0.39 is 6.10 Å². The summed E-state index contributed by atoms with van der Waals surface area (Å²) in [6, 6.07) is 0. The normalized spacial score (nSPS) is 42.8. The third-order valence-electron chi connectivity index (χ3n) is 5.57. The lowest BCUT2D eigenvalue weighted by molar-refractivity contribution is 0.122. The van der Waals surface area contributed by atoms with Crippen LogP contribution in [0.25, 0.3) is 0 Å². The molecule has 0 heterocycles. The van der Waals surface area contributed by atoms with Crippen LogP contribution in [0.15, 0.2) is 0 Å². The van der Waals surface area contributed by atoms with Gasteiger partial charge in [0.25, 0.3) is 0 Å². The van der Waals surface area contributed by atoms with Crippen LogP contribution in [-0.4, -0.2) is 6.10 Å². The molecule has 0 N–H and O–H groups in total. The molecule has 3 saturated carbocycles. The van der Waals surface area contributed by atoms with Crippen molar-refractivity contribution >= 4 is 0 Å². The summed E-state index contributed by atoms with van der Waals surface area (Å²) in [6.45, 7) is 5.74. The van der Waals surface area contributed by atoms with E-state index in [9.17, 15) is 5.11 Å². The Morgan fingerprint density at radius 2 is 1.44 bits per heavy atom. The maximum Gasteiger partial charge on any atom is 0.0874 e. The van der Waals surface area contributed by atoms with Crippen LogP contribution in [0.1, 0.15) is 72.1 Å². The maximum atomic E-state index is 9.53. The van der Waals surface area contributed by atoms with E-state index in [1.807, 2.05) is 0 Å². The Kier molecular flexibility index (Phi) is 5.12. The largest absolute Gasteiger partial charge is 0.234 e. The minimum absolute atomic E-state index is 0.417. The fourth-order valence-corrected chi connectivity index (χ4v) is 4.91. The molecule has 5 unspecified atom stereocenters. The first kappa shape index (κ1) is 14.4. The molecule has 0 aromatic rings. The molecule has 3 rings (SSSR count). The van der Waals surface area contributed by atoms with Crippen LogP contribution >= 0.6 is 0 Å². The lowest BCUT2D eigenvalue weighted by Gasteiger charge is -2.35. The molecule has 5 atom stereocenters. The topological polar surface area (TPSA) is 19.9 Å². The lowest BCUT2D eigenvalue weighted by Crippen LogP contribution is -2.26. The number of fused-ring (bicyclic) bond motifs is 3. The van der Waals surface area contributed by atoms with Gasteiger partial charge in [-0.15, -0.1) is 0 Å². The molecule has 0 amide bonds. The average molecular weight is 251 g/mol. The van der Waals surface area contributed by atoms with E-state index in [4.69, 9.17) is 0 Å². The first-order valence-electron chi connectivity index (χ1n) is 8.25. The zero-order chi connectivity index (χ0) is 13.1. The highest BCUT2D eigenvalue weighted by molar-refractivity contribution is 4.96. The number of hydrogen-bond donors (Lipinski definition) is 0. The van der Waals surface area contributed by atoms with Crippen molar-refractivity contribution in [1.82, 2.24) is 0 Å². The van der Waals surface area contributed by atoms with Crippen molar-refractivity contribution in [1.29, 1.82) is 0 Å². The van der Waals surface area contributed by atoms with Crippen molar-refractivity contribution in [3.63, 3.8) is 0 Å². The number of rotatable bonds is 0. The fourth-order valence-electron chi connectivity index (χ4n) is 4.91. The predicted octanol–water partition coefficient (Wildman–Crippen LogP) is 5.07. The molecule has 3 fully saturated rings. The van der Waals surface area contributed by atoms with Crippen molar-refractivity contribution in [3.05, 3.63) is 0 Å². The monoisotopic (exact) mass is 251 g/mol. The molecule has 1 radical (unpaired) electrons. The standard InChI is InChI=1S/C14H24.C3H7O/c1-10-5-4-8-13-12-7-3-2-6-11(12)9-14(10)13;1-3(2)4/h10-14H,2-9H2,1H3;3H,1-2H3. The first-order chi connectivity index (χ1) is 8.59. The minimum atomic E-state index is -0.417. The van der Waals surface area contributed by atoms with Gasteiger partial charge in [0.15, 0.2) is 0 Å². The van der Waals surface area contributed by atoms with E-state index >= 15 is 0 Å². The Balaban J connectivity index is 0.000000267. The smallest absolute Gasteiger partial charge is 0.0874 e. The predicted molar refractivity (Wildman–Crippen MR) is 75.9 cm³/mol. The van der Waals surface area contributed by atoms with Gasteiger partial charge in [0.1, 0.15) is 0 Å². The second-order valence-electron chi connectivity index (χ2n) is 7.23. The van der Waals surface area contributed by atoms with E-state index in [-0.39, 0.29) is 0 Å². The Labute approximate surface area is 113 Å². The van der Waals surface area contributed by atoms with Gasteiger partial charge in [-0.05, 0) is 62.7 Å². The maximum absolute atomic E-state index is 9.53. The molecule has 1 nitrogen and oxygen atoms in total. The highest BCUT2D eigenvalue weighted by Gasteiger charge is 2.46. The van der Waals surface area contributed by atoms with E-state index in [0.717, 1.165) is 29.6 Å². The summed E-state index contributed by atoms with van der Waals surface area (Å²) in [5, 5.41) is 9.53. The van der Waals surface area contributed by atoms with Gasteiger partial charge in [-0.25, -0.2) is 5.11 Å². The van der Waals surface area contributed by atoms with Gasteiger partial charge >= 0.3 is 0 Å². The molecule has 3 aliphatic carbocycles. The SMILES string of the molecule is CC(C)[O].CC1CCCC2C1CC1CCCCC12. The molecule has 0 aliphatic heterocycles. The van der Waals surface area contributed by atoms with Crippen LogP contribution in [0, 0.1) is 29.6 Å². The zero-order valence-electron chi connectivity index (χ0n) is 12.5. The number of hydrogen-bond acceptors (Lipinski definition) is 0. The van der Waals surface area contributed by atoms with Crippen LogP contribution in [-0.2, 0) is 5.11 Å². The second kappa shape index (κ2) is 6.41. The molecule has 0 aromatic heterocycles. The van der Waals surface area contributed by atoms with E-state index in [1.54, 1.807) is 46.0 Å². The third kappa shape index (κ3) is 3.29. The summed E-state index contributed by atoms with van der Waals surface area (Å²) in [5.74, 6) is 5.66. The third-order valence-corrected chi connectivity index (χ3v) is 5.57. The van der Waals surface area contributed by atoms with E-state index in [1.165, 1.54) is 19.3 Å². The summed E-state index contributed by atoms with van der Waals surface area (Å²) in [5.41, 5.74) is 0. The molecular weight excluding hydrogens is 220 g/mol. The van der Waals surface area contributed by atoms with Gasteiger partial charge in [-0.1, -0.05) is 39.0 Å². The summed E-state index contributed by atoms with van der Waals surface area (Å²) >= 11 is 0. The van der Waals surface area contributed by atoms with Crippen molar-refractivity contribution in [2.24, 2.45) is 29.6 Å². The van der Waals surface area contributed by atoms with Gasteiger partial charge < -0.3 is 0 Å². The van der Waals surface area contributed by atoms with Crippen molar-refractivity contribution in [2.45, 2.75) is 78.2 Å². The summed E-state index contributed by atoms with van der Waals surface area (Å²) in [7, 11) is 0. The van der Waals surface area contributed by atoms with Gasteiger partial charge in [-0.2, -0.15) is 0 Å². The van der Waals surface area contributed by atoms with Crippen LogP contribution < -0.4 is 0 Å². The highest BCUT2D eigenvalue weighted by atomic mass is 16.3. The Bertz CT molecular complexity index is 243. The molecule has 3 aliphatic rings. The summed E-state index contributed by atoms with van der Waals surface area (Å²) < 4.78 is 0. The van der Waals surface area contributed by atoms with Crippen molar-refractivity contribution in [3.8, 4) is 0 Å². The fraction of sp³-hybridized carbons (Fsp3) is 1.00. The van der Waals surface area contributed by atoms with Gasteiger partial charge in [0.05, 0.1) is 6.10 Å². The summed E-state index contributed by atoms with van der Waals surface area (Å²) in [4.78, 5) is 0. The minimum Gasteiger partial charge on any atom is -0.234 e. The lowest BCUT2D eigenvalue weighted by atomic mass is 9.70. The molecule has 0 spiro atoms. The Morgan fingerprint density at radius 3 is 2.17 bits per heavy atom. The van der Waals surface area contributed by atoms with Crippen LogP contribution in [0.4, 0.5) is 0 Å². The van der Waals surface area contributed by atoms with Crippen LogP contribution in [0.2, 0.25) is 0 Å².